The van der Waals surface area contributed by atoms with E-state index in [1.165, 1.54) is 25.7 Å². The van der Waals surface area contributed by atoms with Crippen LogP contribution >= 0.6 is 0 Å². The van der Waals surface area contributed by atoms with Crippen molar-refractivity contribution >= 4 is 0 Å². The van der Waals surface area contributed by atoms with Crippen molar-refractivity contribution in [2.45, 2.75) is 109 Å². The van der Waals surface area contributed by atoms with Crippen LogP contribution in [0.2, 0.25) is 0 Å². The summed E-state index contributed by atoms with van der Waals surface area (Å²) >= 11 is 0. The highest BCUT2D eigenvalue weighted by molar-refractivity contribution is 4.89. The number of nitrogens with one attached hydrogen (secondary N) is 1. The van der Waals surface area contributed by atoms with Crippen molar-refractivity contribution in [1.29, 1.82) is 0 Å². The zero-order valence-corrected chi connectivity index (χ0v) is 21.2. The minimum atomic E-state index is 0.311. The van der Waals surface area contributed by atoms with Gasteiger partial charge in [-0.15, -0.1) is 0 Å². The second-order valence-electron chi connectivity index (χ2n) is 12.2. The Morgan fingerprint density at radius 3 is 1.48 bits per heavy atom. The van der Waals surface area contributed by atoms with Gasteiger partial charge in [0.25, 0.3) is 0 Å². The molecule has 0 spiro atoms. The molecule has 0 aliphatic rings. The summed E-state index contributed by atoms with van der Waals surface area (Å²) in [5, 5.41) is 3.86. The highest BCUT2D eigenvalue weighted by Crippen LogP contribution is 2.43. The monoisotopic (exact) mass is 381 g/mol. The molecule has 2 unspecified atom stereocenters. The summed E-state index contributed by atoms with van der Waals surface area (Å²) in [5.41, 5.74) is 0.668. The summed E-state index contributed by atoms with van der Waals surface area (Å²) in [5.74, 6) is 4.82. The van der Waals surface area contributed by atoms with E-state index in [1.807, 2.05) is 0 Å². The molecule has 0 aromatic carbocycles. The summed E-state index contributed by atoms with van der Waals surface area (Å²) in [4.78, 5) is 0. The molecule has 0 radical (unpaired) electrons. The molecule has 0 saturated carbocycles. The fourth-order valence-corrected chi connectivity index (χ4v) is 4.22. The molecule has 164 valence electrons. The second-order valence-corrected chi connectivity index (χ2v) is 12.2. The lowest BCUT2D eigenvalue weighted by Crippen LogP contribution is -2.43. The van der Waals surface area contributed by atoms with Crippen molar-refractivity contribution < 1.29 is 0 Å². The van der Waals surface area contributed by atoms with E-state index < -0.39 is 0 Å². The maximum absolute atomic E-state index is 3.86. The summed E-state index contributed by atoms with van der Waals surface area (Å²) in [7, 11) is 0. The highest BCUT2D eigenvalue weighted by atomic mass is 14.9. The zero-order valence-electron chi connectivity index (χ0n) is 21.2. The number of hydrogen-bond donors (Lipinski definition) is 1. The SMILES string of the molecule is CC(C)CC(CCC(C)(C)C(C)(C)CNCC(CC(C)C)C(C)C)C(C)C. The van der Waals surface area contributed by atoms with Crippen LogP contribution in [0.5, 0.6) is 0 Å². The molecule has 1 N–H and O–H groups in total. The van der Waals surface area contributed by atoms with Crippen LogP contribution in [-0.2, 0) is 0 Å². The molecular formula is C26H55N. The maximum Gasteiger partial charge on any atom is 0.000774 e. The Morgan fingerprint density at radius 1 is 0.630 bits per heavy atom. The van der Waals surface area contributed by atoms with Gasteiger partial charge in [0.05, 0.1) is 0 Å². The molecule has 1 nitrogen and oxygen atoms in total. The molecule has 2 atom stereocenters. The largest absolute Gasteiger partial charge is 0.316 e. The van der Waals surface area contributed by atoms with E-state index in [9.17, 15) is 0 Å². The molecule has 0 aliphatic heterocycles. The smallest absolute Gasteiger partial charge is 0.000774 e. The van der Waals surface area contributed by atoms with Gasteiger partial charge in [-0.1, -0.05) is 83.1 Å². The third-order valence-electron chi connectivity index (χ3n) is 7.38. The summed E-state index contributed by atoms with van der Waals surface area (Å²) < 4.78 is 0. The molecule has 0 aromatic heterocycles. The highest BCUT2D eigenvalue weighted by Gasteiger charge is 2.37. The van der Waals surface area contributed by atoms with Crippen molar-refractivity contribution in [3.05, 3.63) is 0 Å². The van der Waals surface area contributed by atoms with Gasteiger partial charge in [-0.05, 0) is 78.6 Å². The van der Waals surface area contributed by atoms with Gasteiger partial charge in [0.2, 0.25) is 0 Å². The number of hydrogen-bond acceptors (Lipinski definition) is 1. The molecule has 0 amide bonds. The van der Waals surface area contributed by atoms with E-state index in [2.05, 4.69) is 88.4 Å². The molecular weight excluding hydrogens is 326 g/mol. The summed E-state index contributed by atoms with van der Waals surface area (Å²) in [6.07, 6.45) is 5.41. The fourth-order valence-electron chi connectivity index (χ4n) is 4.22. The first-order chi connectivity index (χ1) is 12.2. The van der Waals surface area contributed by atoms with Crippen molar-refractivity contribution in [1.82, 2.24) is 5.32 Å². The molecule has 0 fully saturated rings. The third kappa shape index (κ3) is 10.3. The lowest BCUT2D eigenvalue weighted by Gasteiger charge is -2.43. The van der Waals surface area contributed by atoms with Crippen LogP contribution in [0.3, 0.4) is 0 Å². The Bertz CT molecular complexity index is 376. The summed E-state index contributed by atoms with van der Waals surface area (Å²) in [6.45, 7) is 31.2. The minimum absolute atomic E-state index is 0.311. The van der Waals surface area contributed by atoms with Crippen molar-refractivity contribution in [2.24, 2.45) is 46.3 Å². The molecule has 0 bridgehead atoms. The lowest BCUT2D eigenvalue weighted by atomic mass is 9.64. The van der Waals surface area contributed by atoms with Crippen molar-refractivity contribution in [3.8, 4) is 0 Å². The van der Waals surface area contributed by atoms with Crippen LogP contribution < -0.4 is 5.32 Å². The van der Waals surface area contributed by atoms with Gasteiger partial charge in [0.1, 0.15) is 0 Å². The first-order valence-corrected chi connectivity index (χ1v) is 11.9. The van der Waals surface area contributed by atoms with Gasteiger partial charge in [-0.3, -0.25) is 0 Å². The van der Waals surface area contributed by atoms with E-state index in [0.717, 1.165) is 48.6 Å². The van der Waals surface area contributed by atoms with Crippen LogP contribution in [-0.4, -0.2) is 13.1 Å². The Kier molecular flexibility index (Phi) is 11.8. The molecule has 27 heavy (non-hydrogen) atoms. The van der Waals surface area contributed by atoms with E-state index in [4.69, 9.17) is 0 Å². The van der Waals surface area contributed by atoms with Crippen molar-refractivity contribution in [3.63, 3.8) is 0 Å². The molecule has 0 saturated heterocycles. The van der Waals surface area contributed by atoms with Gasteiger partial charge in [0, 0.05) is 6.54 Å². The van der Waals surface area contributed by atoms with Gasteiger partial charge < -0.3 is 5.32 Å². The van der Waals surface area contributed by atoms with Crippen LogP contribution in [0.25, 0.3) is 0 Å². The van der Waals surface area contributed by atoms with E-state index in [0.29, 0.717) is 10.8 Å². The molecule has 0 aromatic rings. The normalized spacial score (nSPS) is 16.0. The molecule has 0 heterocycles. The van der Waals surface area contributed by atoms with Crippen LogP contribution in [0.15, 0.2) is 0 Å². The van der Waals surface area contributed by atoms with E-state index in [1.54, 1.807) is 0 Å². The Balaban J connectivity index is 4.71. The minimum Gasteiger partial charge on any atom is -0.316 e. The predicted molar refractivity (Wildman–Crippen MR) is 125 cm³/mol. The first kappa shape index (κ1) is 27.0. The van der Waals surface area contributed by atoms with Gasteiger partial charge in [-0.2, -0.15) is 0 Å². The fraction of sp³-hybridized carbons (Fsp3) is 1.00. The van der Waals surface area contributed by atoms with Gasteiger partial charge in [-0.25, -0.2) is 0 Å². The second kappa shape index (κ2) is 11.8. The summed E-state index contributed by atoms with van der Waals surface area (Å²) in [6, 6.07) is 0. The van der Waals surface area contributed by atoms with Crippen LogP contribution in [0, 0.1) is 46.3 Å². The zero-order chi connectivity index (χ0) is 21.4. The predicted octanol–water partition coefficient (Wildman–Crippen LogP) is 8.05. The lowest BCUT2D eigenvalue weighted by molar-refractivity contribution is 0.0802. The third-order valence-corrected chi connectivity index (χ3v) is 7.38. The molecule has 0 aliphatic carbocycles. The average molecular weight is 382 g/mol. The average Bonchev–Trinajstić information content (AvgIpc) is 2.48. The van der Waals surface area contributed by atoms with Gasteiger partial charge >= 0.3 is 0 Å². The Morgan fingerprint density at radius 2 is 1.07 bits per heavy atom. The number of rotatable bonds is 14. The standard InChI is InChI=1S/C26H55N/c1-19(2)15-23(21(5)6)13-14-25(9,10)26(11,12)18-27-17-24(22(7)8)16-20(3)4/h19-24,27H,13-18H2,1-12H3. The van der Waals surface area contributed by atoms with Crippen molar-refractivity contribution in [2.75, 3.05) is 13.1 Å². The van der Waals surface area contributed by atoms with E-state index in [-0.39, 0.29) is 0 Å². The maximum atomic E-state index is 3.86. The van der Waals surface area contributed by atoms with E-state index >= 15 is 0 Å². The Labute approximate surface area is 173 Å². The first-order valence-electron chi connectivity index (χ1n) is 11.9. The van der Waals surface area contributed by atoms with Crippen LogP contribution in [0.1, 0.15) is 109 Å². The van der Waals surface area contributed by atoms with Gasteiger partial charge in [0.15, 0.2) is 0 Å². The Hall–Kier alpha value is -0.0400. The molecule has 1 heteroatoms. The van der Waals surface area contributed by atoms with Crippen LogP contribution in [0.4, 0.5) is 0 Å². The molecule has 0 rings (SSSR count). The topological polar surface area (TPSA) is 12.0 Å². The quantitative estimate of drug-likeness (QED) is 0.321.